The zero-order chi connectivity index (χ0) is 28.2. The summed E-state index contributed by atoms with van der Waals surface area (Å²) in [5, 5.41) is 4.99. The van der Waals surface area contributed by atoms with E-state index in [4.69, 9.17) is 19.0 Å². The Morgan fingerprint density at radius 1 is 1.18 bits per heavy atom. The third-order valence-electron chi connectivity index (χ3n) is 7.74. The first-order valence-corrected chi connectivity index (χ1v) is 14.9. The Bertz CT molecular complexity index is 1820. The van der Waals surface area contributed by atoms with Crippen molar-refractivity contribution in [3.8, 4) is 0 Å². The van der Waals surface area contributed by atoms with Crippen molar-refractivity contribution in [3.63, 3.8) is 0 Å². The SMILES string of the molecule is COC1N=CC(S(C)(=O)=O)=c2c1c1c(n2[C@H](c2ccccc2F)C2CCOCC2)=C=C(c2c(C)noc2C)C=N1. The molecular weight excluding hydrogens is 535 g/mol. The van der Waals surface area contributed by atoms with Gasteiger partial charge >= 0.3 is 0 Å². The van der Waals surface area contributed by atoms with Crippen molar-refractivity contribution in [1.29, 1.82) is 0 Å². The molecule has 0 bridgehead atoms. The highest BCUT2D eigenvalue weighted by Crippen LogP contribution is 2.37. The average molecular weight is 565 g/mol. The predicted molar refractivity (Wildman–Crippen MR) is 149 cm³/mol. The number of benzene rings is 1. The van der Waals surface area contributed by atoms with Crippen molar-refractivity contribution in [2.75, 3.05) is 26.6 Å². The molecule has 1 unspecified atom stereocenters. The van der Waals surface area contributed by atoms with Crippen LogP contribution in [0.2, 0.25) is 0 Å². The zero-order valence-electron chi connectivity index (χ0n) is 22.6. The van der Waals surface area contributed by atoms with Crippen LogP contribution in [0.5, 0.6) is 0 Å². The van der Waals surface area contributed by atoms with E-state index in [2.05, 4.69) is 15.9 Å². The summed E-state index contributed by atoms with van der Waals surface area (Å²) in [5.74, 6) is 0.176. The van der Waals surface area contributed by atoms with Crippen LogP contribution in [0.25, 0.3) is 16.2 Å². The second kappa shape index (κ2) is 10.1. The molecule has 2 aromatic heterocycles. The van der Waals surface area contributed by atoms with Gasteiger partial charge in [0.05, 0.1) is 28.2 Å². The first-order chi connectivity index (χ1) is 19.2. The molecule has 0 N–H and O–H groups in total. The Kier molecular flexibility index (Phi) is 6.70. The van der Waals surface area contributed by atoms with E-state index in [-0.39, 0.29) is 16.6 Å². The molecule has 3 aliphatic heterocycles. The molecule has 1 fully saturated rings. The average Bonchev–Trinajstić information content (AvgIpc) is 3.45. The number of allylic oxidation sites excluding steroid dienone is 1. The van der Waals surface area contributed by atoms with Crippen LogP contribution in [-0.2, 0) is 19.3 Å². The lowest BCUT2D eigenvalue weighted by Gasteiger charge is -2.33. The van der Waals surface area contributed by atoms with Crippen LogP contribution in [0.1, 0.15) is 53.3 Å². The van der Waals surface area contributed by atoms with E-state index >= 15 is 4.39 Å². The molecule has 0 aliphatic carbocycles. The number of fused-ring (bicyclic) bond motifs is 3. The van der Waals surface area contributed by atoms with Crippen molar-refractivity contribution in [2.45, 2.75) is 39.0 Å². The molecule has 1 saturated heterocycles. The van der Waals surface area contributed by atoms with E-state index in [1.54, 1.807) is 24.4 Å². The van der Waals surface area contributed by atoms with Crippen LogP contribution in [0, 0.1) is 25.6 Å². The van der Waals surface area contributed by atoms with Gasteiger partial charge in [-0.1, -0.05) is 29.1 Å². The molecule has 208 valence electrons. The van der Waals surface area contributed by atoms with Crippen molar-refractivity contribution >= 4 is 44.2 Å². The van der Waals surface area contributed by atoms with Gasteiger partial charge in [0, 0.05) is 50.1 Å². The molecule has 11 heteroatoms. The van der Waals surface area contributed by atoms with Crippen LogP contribution < -0.4 is 10.7 Å². The molecular formula is C29H29FN4O5S. The Hall–Kier alpha value is -3.63. The normalized spacial score (nSPS) is 19.7. The number of nitrogens with zero attached hydrogens (tertiary/aromatic N) is 4. The third kappa shape index (κ3) is 4.30. The minimum atomic E-state index is -3.76. The monoisotopic (exact) mass is 564 g/mol. The van der Waals surface area contributed by atoms with Crippen LogP contribution >= 0.6 is 0 Å². The second-order valence-corrected chi connectivity index (χ2v) is 12.2. The molecule has 0 radical (unpaired) electrons. The Morgan fingerprint density at radius 2 is 1.93 bits per heavy atom. The van der Waals surface area contributed by atoms with Crippen molar-refractivity contribution in [1.82, 2.24) is 9.72 Å². The van der Waals surface area contributed by atoms with Gasteiger partial charge in [0.2, 0.25) is 0 Å². The van der Waals surface area contributed by atoms with Gasteiger partial charge in [-0.3, -0.25) is 9.98 Å². The maximum absolute atomic E-state index is 15.6. The molecule has 0 spiro atoms. The van der Waals surface area contributed by atoms with Crippen molar-refractivity contribution < 1.29 is 26.8 Å². The Morgan fingerprint density at radius 3 is 2.58 bits per heavy atom. The highest BCUT2D eigenvalue weighted by Gasteiger charge is 2.37. The lowest BCUT2D eigenvalue weighted by molar-refractivity contribution is 0.0530. The second-order valence-electron chi connectivity index (χ2n) is 10.2. The molecule has 3 aliphatic rings. The number of halogens is 1. The summed E-state index contributed by atoms with van der Waals surface area (Å²) in [4.78, 5) is 9.25. The largest absolute Gasteiger partial charge is 0.381 e. The molecule has 2 atom stereocenters. The molecule has 5 heterocycles. The minimum absolute atomic E-state index is 0.0227. The molecule has 9 nitrogen and oxygen atoms in total. The lowest BCUT2D eigenvalue weighted by Crippen LogP contribution is -2.41. The third-order valence-corrected chi connectivity index (χ3v) is 8.84. The molecule has 6 rings (SSSR count). The van der Waals surface area contributed by atoms with Gasteiger partial charge in [-0.15, -0.1) is 0 Å². The fourth-order valence-corrected chi connectivity index (χ4v) is 6.78. The summed E-state index contributed by atoms with van der Waals surface area (Å²) in [5.41, 5.74) is 7.00. The molecule has 1 aromatic carbocycles. The first kappa shape index (κ1) is 26.6. The maximum Gasteiger partial charge on any atom is 0.179 e. The number of aromatic nitrogens is 2. The fourth-order valence-electron chi connectivity index (χ4n) is 5.96. The molecule has 3 aromatic rings. The van der Waals surface area contributed by atoms with E-state index in [1.165, 1.54) is 19.4 Å². The first-order valence-electron chi connectivity index (χ1n) is 13.1. The van der Waals surface area contributed by atoms with Gasteiger partial charge in [0.25, 0.3) is 0 Å². The summed E-state index contributed by atoms with van der Waals surface area (Å²) < 4.78 is 60.7. The van der Waals surface area contributed by atoms with E-state index < -0.39 is 22.1 Å². The summed E-state index contributed by atoms with van der Waals surface area (Å²) in [6.07, 6.45) is 4.68. The Balaban J connectivity index is 1.83. The van der Waals surface area contributed by atoms with E-state index in [1.807, 2.05) is 18.4 Å². The minimum Gasteiger partial charge on any atom is -0.381 e. The van der Waals surface area contributed by atoms with Gasteiger partial charge in [-0.05, 0) is 38.7 Å². The quantitative estimate of drug-likeness (QED) is 0.455. The highest BCUT2D eigenvalue weighted by atomic mass is 32.2. The van der Waals surface area contributed by atoms with Crippen LogP contribution in [0.3, 0.4) is 0 Å². The number of aliphatic imine (C=N–C) groups is 2. The molecule has 0 amide bonds. The smallest absolute Gasteiger partial charge is 0.179 e. The van der Waals surface area contributed by atoms with Crippen LogP contribution in [0.15, 0.2) is 38.8 Å². The number of aryl methyl sites for hydroxylation is 2. The number of hydrogen-bond acceptors (Lipinski definition) is 8. The van der Waals surface area contributed by atoms with E-state index in [9.17, 15) is 8.42 Å². The summed E-state index contributed by atoms with van der Waals surface area (Å²) in [7, 11) is -2.25. The standard InChI is InChI=1S/C29H29FN4O5S/c1-16-24(17(2)39-33-16)19-13-22-26(31-14-19)25-28(23(40(4,35)36)15-32-29(25)37-3)34(22)27(18-9-11-38-12-10-18)20-7-5-6-8-21(20)30/h5-8,14-15,18,27,29H,9-12H2,1-4H3/t27-,29?/m0/s1. The number of methoxy groups -OCH3 is 1. The lowest BCUT2D eigenvalue weighted by atomic mass is 9.86. The summed E-state index contributed by atoms with van der Waals surface area (Å²) in [6.45, 7) is 4.69. The highest BCUT2D eigenvalue weighted by molar-refractivity contribution is 8.00. The summed E-state index contributed by atoms with van der Waals surface area (Å²) in [6, 6.07) is 6.05. The van der Waals surface area contributed by atoms with Crippen LogP contribution in [0.4, 0.5) is 10.1 Å². The van der Waals surface area contributed by atoms with E-state index in [0.29, 0.717) is 70.6 Å². The number of rotatable bonds is 6. The van der Waals surface area contributed by atoms with Gasteiger partial charge in [0.15, 0.2) is 16.1 Å². The molecule has 0 saturated carbocycles. The van der Waals surface area contributed by atoms with Crippen LogP contribution in [-0.4, -0.2) is 57.2 Å². The van der Waals surface area contributed by atoms with Gasteiger partial charge in [-0.25, -0.2) is 12.8 Å². The topological polar surface area (TPSA) is 108 Å². The molecule has 40 heavy (non-hydrogen) atoms. The van der Waals surface area contributed by atoms with Gasteiger partial charge < -0.3 is 18.6 Å². The number of ether oxygens (including phenoxy) is 2. The van der Waals surface area contributed by atoms with E-state index in [0.717, 1.165) is 11.8 Å². The van der Waals surface area contributed by atoms with Gasteiger partial charge in [-0.2, -0.15) is 0 Å². The predicted octanol–water partition coefficient (Wildman–Crippen LogP) is 3.31. The summed E-state index contributed by atoms with van der Waals surface area (Å²) >= 11 is 0. The van der Waals surface area contributed by atoms with Gasteiger partial charge in [0.1, 0.15) is 27.5 Å². The fraction of sp³-hybridized carbons (Fsp3) is 0.379. The zero-order valence-corrected chi connectivity index (χ0v) is 23.5. The van der Waals surface area contributed by atoms with Crippen molar-refractivity contribution in [2.24, 2.45) is 15.9 Å². The Labute approximate surface area is 230 Å². The van der Waals surface area contributed by atoms with Crippen molar-refractivity contribution in [3.05, 3.63) is 68.9 Å². The number of hydrogen-bond donors (Lipinski definition) is 0. The maximum atomic E-state index is 15.6. The number of sulfone groups is 1.